The first-order valence-electron chi connectivity index (χ1n) is 6.34. The summed E-state index contributed by atoms with van der Waals surface area (Å²) in [6, 6.07) is 5.35. The van der Waals surface area contributed by atoms with Gasteiger partial charge in [-0.1, -0.05) is 18.2 Å². The molecule has 3 rings (SSSR count). The molecule has 6 heteroatoms. The molecule has 0 radical (unpaired) electrons. The standard InChI is InChI=1S/C14H13F3N2S/c15-14(16,17)10-4-2-1-3-9(10)11-7-20-13(19-11)12(18)8-5-6-8/h1-4,7-8,12H,5-6,18H2. The maximum atomic E-state index is 13.0. The molecule has 0 bridgehead atoms. The second kappa shape index (κ2) is 4.86. The van der Waals surface area contributed by atoms with E-state index in [1.54, 1.807) is 11.4 Å². The Balaban J connectivity index is 1.97. The largest absolute Gasteiger partial charge is 0.417 e. The zero-order valence-corrected chi connectivity index (χ0v) is 11.3. The molecule has 2 aromatic rings. The molecule has 1 aliphatic rings. The van der Waals surface area contributed by atoms with E-state index in [0.717, 1.165) is 23.9 Å². The monoisotopic (exact) mass is 298 g/mol. The molecule has 1 saturated carbocycles. The molecule has 1 aromatic heterocycles. The van der Waals surface area contributed by atoms with E-state index in [0.29, 0.717) is 11.6 Å². The lowest BCUT2D eigenvalue weighted by atomic mass is 10.1. The van der Waals surface area contributed by atoms with E-state index in [-0.39, 0.29) is 11.6 Å². The maximum Gasteiger partial charge on any atom is 0.417 e. The van der Waals surface area contributed by atoms with Crippen molar-refractivity contribution >= 4 is 11.3 Å². The minimum absolute atomic E-state index is 0.116. The minimum Gasteiger partial charge on any atom is -0.322 e. The van der Waals surface area contributed by atoms with Gasteiger partial charge in [0.1, 0.15) is 5.01 Å². The number of benzene rings is 1. The maximum absolute atomic E-state index is 13.0. The van der Waals surface area contributed by atoms with Gasteiger partial charge >= 0.3 is 6.18 Å². The Morgan fingerprint density at radius 1 is 1.25 bits per heavy atom. The Kier molecular flexibility index (Phi) is 3.30. The number of rotatable bonds is 3. The van der Waals surface area contributed by atoms with Gasteiger partial charge in [-0.2, -0.15) is 13.2 Å². The number of nitrogens with zero attached hydrogens (tertiary/aromatic N) is 1. The van der Waals surface area contributed by atoms with E-state index < -0.39 is 11.7 Å². The summed E-state index contributed by atoms with van der Waals surface area (Å²) < 4.78 is 39.0. The lowest BCUT2D eigenvalue weighted by Crippen LogP contribution is -2.12. The van der Waals surface area contributed by atoms with Gasteiger partial charge in [-0.25, -0.2) is 4.98 Å². The summed E-state index contributed by atoms with van der Waals surface area (Å²) in [6.07, 6.45) is -2.22. The lowest BCUT2D eigenvalue weighted by molar-refractivity contribution is -0.137. The molecule has 20 heavy (non-hydrogen) atoms. The number of hydrogen-bond donors (Lipinski definition) is 1. The first kappa shape index (κ1) is 13.6. The third kappa shape index (κ3) is 2.58. The number of halogens is 3. The Morgan fingerprint density at radius 3 is 2.60 bits per heavy atom. The average Bonchev–Trinajstić information content (AvgIpc) is 3.14. The van der Waals surface area contributed by atoms with Crippen LogP contribution in [-0.2, 0) is 6.18 Å². The fourth-order valence-electron chi connectivity index (χ4n) is 2.18. The van der Waals surface area contributed by atoms with Crippen LogP contribution >= 0.6 is 11.3 Å². The zero-order valence-electron chi connectivity index (χ0n) is 10.5. The number of hydrogen-bond acceptors (Lipinski definition) is 3. The van der Waals surface area contributed by atoms with Gasteiger partial charge < -0.3 is 5.73 Å². The average molecular weight is 298 g/mol. The van der Waals surface area contributed by atoms with Gasteiger partial charge in [-0.05, 0) is 24.8 Å². The van der Waals surface area contributed by atoms with Crippen LogP contribution in [0.2, 0.25) is 0 Å². The first-order chi connectivity index (χ1) is 9.47. The molecule has 1 heterocycles. The van der Waals surface area contributed by atoms with Gasteiger partial charge in [0.2, 0.25) is 0 Å². The summed E-state index contributed by atoms with van der Waals surface area (Å²) in [5, 5.41) is 2.38. The lowest BCUT2D eigenvalue weighted by Gasteiger charge is -2.11. The molecule has 1 atom stereocenters. The fourth-order valence-corrected chi connectivity index (χ4v) is 3.09. The molecular weight excluding hydrogens is 285 g/mol. The van der Waals surface area contributed by atoms with Crippen molar-refractivity contribution in [2.45, 2.75) is 25.1 Å². The second-order valence-corrected chi connectivity index (χ2v) is 5.87. The van der Waals surface area contributed by atoms with Crippen LogP contribution < -0.4 is 5.73 Å². The number of alkyl halides is 3. The van der Waals surface area contributed by atoms with E-state index in [1.165, 1.54) is 23.5 Å². The van der Waals surface area contributed by atoms with E-state index in [1.807, 2.05) is 0 Å². The number of nitrogens with two attached hydrogens (primary N) is 1. The quantitative estimate of drug-likeness (QED) is 0.920. The van der Waals surface area contributed by atoms with Gasteiger partial charge in [-0.15, -0.1) is 11.3 Å². The Labute approximate surface area is 118 Å². The van der Waals surface area contributed by atoms with E-state index in [4.69, 9.17) is 5.73 Å². The number of thiazole rings is 1. The van der Waals surface area contributed by atoms with Crippen LogP contribution in [0.15, 0.2) is 29.6 Å². The predicted octanol–water partition coefficient (Wildman–Crippen LogP) is 4.24. The van der Waals surface area contributed by atoms with Crippen LogP contribution in [-0.4, -0.2) is 4.98 Å². The normalized spacial score (nSPS) is 17.2. The van der Waals surface area contributed by atoms with Crippen molar-refractivity contribution in [2.24, 2.45) is 11.7 Å². The minimum atomic E-state index is -4.38. The topological polar surface area (TPSA) is 38.9 Å². The van der Waals surface area contributed by atoms with Crippen molar-refractivity contribution in [2.75, 3.05) is 0 Å². The molecule has 1 aliphatic carbocycles. The molecule has 2 nitrogen and oxygen atoms in total. The molecule has 0 saturated heterocycles. The van der Waals surface area contributed by atoms with Gasteiger partial charge in [0.25, 0.3) is 0 Å². The third-order valence-corrected chi connectivity index (χ3v) is 4.39. The van der Waals surface area contributed by atoms with Crippen LogP contribution in [0.25, 0.3) is 11.3 Å². The molecular formula is C14H13F3N2S. The van der Waals surface area contributed by atoms with Crippen LogP contribution in [0.3, 0.4) is 0 Å². The Morgan fingerprint density at radius 2 is 1.95 bits per heavy atom. The summed E-state index contributed by atoms with van der Waals surface area (Å²) in [6.45, 7) is 0. The summed E-state index contributed by atoms with van der Waals surface area (Å²) in [5.74, 6) is 0.437. The Hall–Kier alpha value is -1.40. The van der Waals surface area contributed by atoms with Crippen molar-refractivity contribution in [3.63, 3.8) is 0 Å². The van der Waals surface area contributed by atoms with Crippen molar-refractivity contribution in [3.05, 3.63) is 40.2 Å². The molecule has 0 aliphatic heterocycles. The molecule has 0 amide bonds. The van der Waals surface area contributed by atoms with E-state index in [2.05, 4.69) is 4.98 Å². The van der Waals surface area contributed by atoms with Crippen LogP contribution in [0.4, 0.5) is 13.2 Å². The SMILES string of the molecule is NC(c1nc(-c2ccccc2C(F)(F)F)cs1)C1CC1. The van der Waals surface area contributed by atoms with Gasteiger partial charge in [0.15, 0.2) is 0 Å². The summed E-state index contributed by atoms with van der Waals surface area (Å²) in [5.41, 5.74) is 5.86. The molecule has 0 spiro atoms. The predicted molar refractivity (Wildman–Crippen MR) is 72.2 cm³/mol. The first-order valence-corrected chi connectivity index (χ1v) is 7.22. The third-order valence-electron chi connectivity index (χ3n) is 3.45. The molecule has 2 N–H and O–H groups in total. The molecule has 1 fully saturated rings. The van der Waals surface area contributed by atoms with Crippen LogP contribution in [0.1, 0.15) is 29.5 Å². The van der Waals surface area contributed by atoms with Crippen LogP contribution in [0.5, 0.6) is 0 Å². The van der Waals surface area contributed by atoms with Gasteiger partial charge in [0, 0.05) is 10.9 Å². The molecule has 106 valence electrons. The number of aromatic nitrogens is 1. The van der Waals surface area contributed by atoms with Crippen LogP contribution in [0, 0.1) is 5.92 Å². The highest BCUT2D eigenvalue weighted by atomic mass is 32.1. The summed E-state index contributed by atoms with van der Waals surface area (Å²) in [4.78, 5) is 4.31. The van der Waals surface area contributed by atoms with Crippen molar-refractivity contribution in [1.29, 1.82) is 0 Å². The van der Waals surface area contributed by atoms with Gasteiger partial charge in [-0.3, -0.25) is 0 Å². The summed E-state index contributed by atoms with van der Waals surface area (Å²) in [7, 11) is 0. The zero-order chi connectivity index (χ0) is 14.3. The molecule has 1 aromatic carbocycles. The highest BCUT2D eigenvalue weighted by Crippen LogP contribution is 2.42. The summed E-state index contributed by atoms with van der Waals surface area (Å²) >= 11 is 1.34. The van der Waals surface area contributed by atoms with Crippen molar-refractivity contribution < 1.29 is 13.2 Å². The fraction of sp³-hybridized carbons (Fsp3) is 0.357. The van der Waals surface area contributed by atoms with E-state index >= 15 is 0 Å². The van der Waals surface area contributed by atoms with Crippen molar-refractivity contribution in [1.82, 2.24) is 4.98 Å². The highest BCUT2D eigenvalue weighted by molar-refractivity contribution is 7.10. The highest BCUT2D eigenvalue weighted by Gasteiger charge is 2.35. The van der Waals surface area contributed by atoms with E-state index in [9.17, 15) is 13.2 Å². The Bertz CT molecular complexity index is 617. The second-order valence-electron chi connectivity index (χ2n) is 4.98. The van der Waals surface area contributed by atoms with Crippen molar-refractivity contribution in [3.8, 4) is 11.3 Å². The molecule has 1 unspecified atom stereocenters. The van der Waals surface area contributed by atoms with Gasteiger partial charge in [0.05, 0.1) is 17.3 Å². The smallest absolute Gasteiger partial charge is 0.322 e.